The van der Waals surface area contributed by atoms with Crippen molar-refractivity contribution >= 4 is 32.9 Å². The van der Waals surface area contributed by atoms with Gasteiger partial charge in [0.1, 0.15) is 20.6 Å². The number of methoxy groups -OCH3 is 1. The summed E-state index contributed by atoms with van der Waals surface area (Å²) in [4.78, 5) is 17.9. The van der Waals surface area contributed by atoms with E-state index in [0.717, 1.165) is 55.5 Å². The van der Waals surface area contributed by atoms with E-state index in [-0.39, 0.29) is 6.04 Å². The molecule has 0 radical (unpaired) electrons. The zero-order valence-corrected chi connectivity index (χ0v) is 23.9. The quantitative estimate of drug-likeness (QED) is 0.273. The minimum absolute atomic E-state index is 0.275. The van der Waals surface area contributed by atoms with Crippen molar-refractivity contribution in [3.63, 3.8) is 0 Å². The molecule has 1 unspecified atom stereocenters. The third kappa shape index (κ3) is 5.36. The van der Waals surface area contributed by atoms with Crippen molar-refractivity contribution in [1.82, 2.24) is 9.71 Å². The van der Waals surface area contributed by atoms with Crippen LogP contribution in [0.15, 0.2) is 45.1 Å². The number of fused-ring (bicyclic) bond motifs is 2. The van der Waals surface area contributed by atoms with Gasteiger partial charge in [0.2, 0.25) is 0 Å². The van der Waals surface area contributed by atoms with Gasteiger partial charge in [0, 0.05) is 21.5 Å². The molecule has 0 bridgehead atoms. The maximum absolute atomic E-state index is 13.5. The summed E-state index contributed by atoms with van der Waals surface area (Å²) in [5.41, 5.74) is 5.80. The van der Waals surface area contributed by atoms with Crippen LogP contribution in [0.5, 0.6) is 5.75 Å². The molecule has 0 spiro atoms. The lowest BCUT2D eigenvalue weighted by Crippen LogP contribution is -2.27. The number of amides is 2. The largest absolute Gasteiger partial charge is 0.497 e. The average Bonchev–Trinajstić information content (AvgIpc) is 3.64. The maximum atomic E-state index is 13.5. The van der Waals surface area contributed by atoms with Crippen LogP contribution in [0.3, 0.4) is 0 Å². The van der Waals surface area contributed by atoms with Crippen molar-refractivity contribution in [2.45, 2.75) is 75.1 Å². The van der Waals surface area contributed by atoms with Crippen LogP contribution in [-0.2, 0) is 41.1 Å². The predicted molar refractivity (Wildman–Crippen MR) is 152 cm³/mol. The highest BCUT2D eigenvalue weighted by atomic mass is 32.2. The number of hydrogen-bond donors (Lipinski definition) is 4. The topological polar surface area (TPSA) is 120 Å². The number of carbonyl (C=O) groups is 1. The van der Waals surface area contributed by atoms with Gasteiger partial charge in [-0.25, -0.2) is 14.5 Å². The molecule has 2 atom stereocenters. The highest BCUT2D eigenvalue weighted by Gasteiger charge is 2.27. The van der Waals surface area contributed by atoms with Gasteiger partial charge in [-0.05, 0) is 99.2 Å². The molecule has 0 saturated carbocycles. The molecule has 5 rings (SSSR count). The smallest absolute Gasteiger partial charge is 0.353 e. The van der Waals surface area contributed by atoms with E-state index in [0.29, 0.717) is 9.22 Å². The molecule has 2 aromatic carbocycles. The zero-order valence-electron chi connectivity index (χ0n) is 22.3. The van der Waals surface area contributed by atoms with Crippen LogP contribution in [0, 0.1) is 4.78 Å². The van der Waals surface area contributed by atoms with Crippen LogP contribution >= 0.6 is 11.3 Å². The van der Waals surface area contributed by atoms with E-state index in [1.54, 1.807) is 27.2 Å². The predicted octanol–water partition coefficient (Wildman–Crippen LogP) is 6.31. The highest BCUT2D eigenvalue weighted by Crippen LogP contribution is 2.39. The van der Waals surface area contributed by atoms with Crippen molar-refractivity contribution in [1.29, 1.82) is 4.78 Å². The first-order valence-electron chi connectivity index (χ1n) is 13.0. The van der Waals surface area contributed by atoms with Gasteiger partial charge < -0.3 is 15.2 Å². The van der Waals surface area contributed by atoms with E-state index in [1.807, 2.05) is 31.2 Å². The van der Waals surface area contributed by atoms with Crippen molar-refractivity contribution in [3.8, 4) is 5.75 Å². The summed E-state index contributed by atoms with van der Waals surface area (Å²) in [7, 11) is -1.32. The molecule has 1 heterocycles. The van der Waals surface area contributed by atoms with Crippen LogP contribution in [0.2, 0.25) is 0 Å². The Morgan fingerprint density at radius 2 is 1.79 bits per heavy atom. The van der Waals surface area contributed by atoms with Gasteiger partial charge in [0.05, 0.1) is 13.3 Å². The van der Waals surface area contributed by atoms with E-state index in [4.69, 9.17) is 4.74 Å². The number of aryl methyl sites for hydroxylation is 2. The first kappa shape index (κ1) is 26.8. The van der Waals surface area contributed by atoms with Crippen LogP contribution < -0.4 is 14.8 Å². The number of urea groups is 1. The number of nitrogens with one attached hydrogen (secondary N) is 3. The molecule has 202 valence electrons. The SMILES string of the molecule is COc1ccc([C@@H](C)NS(=N)(=NC(=O)Nc2c3c(cc4c2CCC4)CCC3)c2cnc(C(C)(C)O)s2)cc1. The van der Waals surface area contributed by atoms with Crippen LogP contribution in [-0.4, -0.2) is 23.2 Å². The second-order valence-corrected chi connectivity index (χ2v) is 13.8. The molecular weight excluding hydrogens is 518 g/mol. The number of aliphatic hydroxyl groups is 1. The fourth-order valence-electron chi connectivity index (χ4n) is 5.25. The second-order valence-electron chi connectivity index (χ2n) is 10.5. The Kier molecular flexibility index (Phi) is 7.34. The summed E-state index contributed by atoms with van der Waals surface area (Å²) in [6.45, 7) is 5.26. The molecule has 0 saturated heterocycles. The molecule has 0 fully saturated rings. The van der Waals surface area contributed by atoms with Crippen molar-refractivity contribution in [2.24, 2.45) is 4.36 Å². The molecule has 2 aliphatic carbocycles. The van der Waals surface area contributed by atoms with Crippen molar-refractivity contribution < 1.29 is 14.6 Å². The lowest BCUT2D eigenvalue weighted by atomic mass is 9.99. The van der Waals surface area contributed by atoms with E-state index in [1.165, 1.54) is 33.6 Å². The average molecular weight is 554 g/mol. The molecule has 0 aliphatic heterocycles. The number of aromatic nitrogens is 1. The van der Waals surface area contributed by atoms with Gasteiger partial charge in [-0.3, -0.25) is 4.78 Å². The van der Waals surface area contributed by atoms with Gasteiger partial charge in [-0.1, -0.05) is 18.2 Å². The second kappa shape index (κ2) is 10.4. The molecule has 10 heteroatoms. The Morgan fingerprint density at radius 3 is 2.34 bits per heavy atom. The Morgan fingerprint density at radius 1 is 1.16 bits per heavy atom. The van der Waals surface area contributed by atoms with E-state index in [9.17, 15) is 14.7 Å². The van der Waals surface area contributed by atoms with Gasteiger partial charge in [0.15, 0.2) is 0 Å². The molecule has 1 aromatic heterocycles. The Bertz CT molecular complexity index is 1450. The first-order valence-corrected chi connectivity index (χ1v) is 15.4. The Labute approximate surface area is 228 Å². The number of anilines is 1. The van der Waals surface area contributed by atoms with Gasteiger partial charge in [-0.15, -0.1) is 15.7 Å². The van der Waals surface area contributed by atoms with Crippen LogP contribution in [0.1, 0.15) is 72.5 Å². The monoisotopic (exact) mass is 553 g/mol. The van der Waals surface area contributed by atoms with E-state index < -0.39 is 21.4 Å². The standard InChI is InChI=1S/C28H35N5O3S2/c1-17(18-11-13-21(36-4)14-12-18)32-38(29,24-16-30-26(37-24)28(2,3)35)33-27(34)31-25-22-9-5-7-19(22)15-20-8-6-10-23(20)25/h11-17,35H,5-10H2,1-4H3,(H3,29,31,32,33,34)/t17-,38?/m1/s1. The number of thiazole rings is 1. The number of carbonyl (C=O) groups excluding carboxylic acids is 1. The first-order chi connectivity index (χ1) is 18.1. The van der Waals surface area contributed by atoms with Gasteiger partial charge >= 0.3 is 6.03 Å². The lowest BCUT2D eigenvalue weighted by Gasteiger charge is -2.21. The number of ether oxygens (including phenoxy) is 1. The minimum atomic E-state index is -2.94. The molecule has 8 nitrogen and oxygen atoms in total. The molecular formula is C28H35N5O3S2. The fraction of sp³-hybridized carbons (Fsp3) is 0.429. The van der Waals surface area contributed by atoms with Gasteiger partial charge in [-0.2, -0.15) is 0 Å². The molecule has 2 aliphatic rings. The molecule has 38 heavy (non-hydrogen) atoms. The fourth-order valence-corrected chi connectivity index (χ4v) is 8.28. The summed E-state index contributed by atoms with van der Waals surface area (Å²) in [5.74, 6) is 0.745. The third-order valence-electron chi connectivity index (χ3n) is 7.19. The molecule has 4 N–H and O–H groups in total. The third-order valence-corrected chi connectivity index (χ3v) is 11.1. The minimum Gasteiger partial charge on any atom is -0.497 e. The van der Waals surface area contributed by atoms with Crippen LogP contribution in [0.4, 0.5) is 10.5 Å². The van der Waals surface area contributed by atoms with Gasteiger partial charge in [0.25, 0.3) is 0 Å². The molecule has 2 amide bonds. The Balaban J connectivity index is 1.51. The number of benzene rings is 2. The van der Waals surface area contributed by atoms with E-state index in [2.05, 4.69) is 25.5 Å². The number of rotatable bonds is 7. The van der Waals surface area contributed by atoms with Crippen molar-refractivity contribution in [3.05, 3.63) is 69.4 Å². The summed E-state index contributed by atoms with van der Waals surface area (Å²) < 4.78 is 23.0. The summed E-state index contributed by atoms with van der Waals surface area (Å²) >= 11 is 1.21. The van der Waals surface area contributed by atoms with E-state index >= 15 is 0 Å². The maximum Gasteiger partial charge on any atom is 0.353 e. The summed E-state index contributed by atoms with van der Waals surface area (Å²) in [6.07, 6.45) is 7.72. The summed E-state index contributed by atoms with van der Waals surface area (Å²) in [6, 6.07) is 9.12. The summed E-state index contributed by atoms with van der Waals surface area (Å²) in [5, 5.41) is 14.1. The van der Waals surface area contributed by atoms with Crippen LogP contribution in [0.25, 0.3) is 0 Å². The lowest BCUT2D eigenvalue weighted by molar-refractivity contribution is 0.0783. The highest BCUT2D eigenvalue weighted by molar-refractivity contribution is 7.95. The zero-order chi connectivity index (χ0) is 27.1. The Hall–Kier alpha value is -2.79. The number of nitrogens with zero attached hydrogens (tertiary/aromatic N) is 2. The normalized spacial score (nSPS) is 16.9. The molecule has 3 aromatic rings. The number of hydrogen-bond acceptors (Lipinski definition) is 6. The van der Waals surface area contributed by atoms with Crippen molar-refractivity contribution in [2.75, 3.05) is 12.4 Å².